The summed E-state index contributed by atoms with van der Waals surface area (Å²) in [6, 6.07) is 7.78. The van der Waals surface area contributed by atoms with E-state index in [1.807, 2.05) is 0 Å². The van der Waals surface area contributed by atoms with Crippen molar-refractivity contribution >= 4 is 11.6 Å². The van der Waals surface area contributed by atoms with Crippen molar-refractivity contribution in [2.75, 3.05) is 18.0 Å². The number of rotatable bonds is 5. The molecule has 0 bridgehead atoms. The van der Waals surface area contributed by atoms with Crippen molar-refractivity contribution in [3.05, 3.63) is 29.3 Å². The van der Waals surface area contributed by atoms with Gasteiger partial charge in [0, 0.05) is 44.3 Å². The first kappa shape index (κ1) is 14.4. The number of amides is 1. The van der Waals surface area contributed by atoms with Gasteiger partial charge in [0.05, 0.1) is 0 Å². The fourth-order valence-electron chi connectivity index (χ4n) is 3.02. The molecule has 4 heteroatoms. The summed E-state index contributed by atoms with van der Waals surface area (Å²) < 4.78 is 0. The molecule has 1 aromatic carbocycles. The summed E-state index contributed by atoms with van der Waals surface area (Å²) in [6.07, 6.45) is 3.69. The van der Waals surface area contributed by atoms with Crippen LogP contribution < -0.4 is 15.5 Å². The van der Waals surface area contributed by atoms with E-state index in [9.17, 15) is 4.79 Å². The molecule has 0 radical (unpaired) electrons. The van der Waals surface area contributed by atoms with Crippen molar-refractivity contribution in [1.82, 2.24) is 10.6 Å². The van der Waals surface area contributed by atoms with Crippen molar-refractivity contribution in [1.29, 1.82) is 0 Å². The van der Waals surface area contributed by atoms with Crippen LogP contribution in [-0.2, 0) is 11.3 Å². The van der Waals surface area contributed by atoms with E-state index in [0.717, 1.165) is 32.1 Å². The van der Waals surface area contributed by atoms with Gasteiger partial charge in [-0.15, -0.1) is 0 Å². The molecular formula is C17H25N3O. The summed E-state index contributed by atoms with van der Waals surface area (Å²) in [5.74, 6) is 0.0690. The number of aryl methyl sites for hydroxylation is 1. The van der Waals surface area contributed by atoms with Gasteiger partial charge in [0.25, 0.3) is 0 Å². The highest BCUT2D eigenvalue weighted by atomic mass is 16.1. The predicted octanol–water partition coefficient (Wildman–Crippen LogP) is 1.96. The third kappa shape index (κ3) is 3.76. The minimum atomic E-state index is 0.0690. The Hall–Kier alpha value is -1.55. The van der Waals surface area contributed by atoms with Gasteiger partial charge in [-0.1, -0.05) is 6.07 Å². The molecule has 1 saturated carbocycles. The smallest absolute Gasteiger partial charge is 0.217 e. The van der Waals surface area contributed by atoms with Crippen molar-refractivity contribution in [2.24, 2.45) is 0 Å². The lowest BCUT2D eigenvalue weighted by Gasteiger charge is -2.20. The normalized spacial score (nSPS) is 21.6. The Bertz CT molecular complexity index is 525. The molecule has 1 atom stereocenters. The Morgan fingerprint density at radius 3 is 2.76 bits per heavy atom. The van der Waals surface area contributed by atoms with Crippen LogP contribution in [0.3, 0.4) is 0 Å². The van der Waals surface area contributed by atoms with Gasteiger partial charge in [-0.2, -0.15) is 0 Å². The van der Waals surface area contributed by atoms with E-state index in [2.05, 4.69) is 40.7 Å². The maximum absolute atomic E-state index is 11.1. The maximum atomic E-state index is 11.1. The van der Waals surface area contributed by atoms with Crippen LogP contribution in [0.4, 0.5) is 5.69 Å². The molecule has 1 saturated heterocycles. The molecule has 1 aromatic rings. The van der Waals surface area contributed by atoms with Crippen LogP contribution in [0.1, 0.15) is 37.3 Å². The van der Waals surface area contributed by atoms with Crippen LogP contribution in [0, 0.1) is 6.92 Å². The zero-order valence-electron chi connectivity index (χ0n) is 13.0. The largest absolute Gasteiger partial charge is 0.369 e. The van der Waals surface area contributed by atoms with Crippen molar-refractivity contribution in [3.63, 3.8) is 0 Å². The van der Waals surface area contributed by atoms with Gasteiger partial charge in [0.2, 0.25) is 5.91 Å². The molecule has 4 nitrogen and oxygen atoms in total. The molecule has 2 aliphatic rings. The van der Waals surface area contributed by atoms with E-state index >= 15 is 0 Å². The minimum Gasteiger partial charge on any atom is -0.369 e. The second-order valence-corrected chi connectivity index (χ2v) is 6.40. The fourth-order valence-corrected chi connectivity index (χ4v) is 3.02. The van der Waals surface area contributed by atoms with Gasteiger partial charge in [-0.05, 0) is 49.4 Å². The quantitative estimate of drug-likeness (QED) is 0.870. The molecule has 2 N–H and O–H groups in total. The molecule has 1 amide bonds. The molecule has 1 aliphatic heterocycles. The van der Waals surface area contributed by atoms with E-state index in [-0.39, 0.29) is 5.91 Å². The molecular weight excluding hydrogens is 262 g/mol. The molecule has 2 fully saturated rings. The Labute approximate surface area is 126 Å². The lowest BCUT2D eigenvalue weighted by Crippen LogP contribution is -2.35. The monoisotopic (exact) mass is 287 g/mol. The number of nitrogens with one attached hydrogen (secondary N) is 2. The molecule has 1 aliphatic carbocycles. The van der Waals surface area contributed by atoms with Crippen LogP contribution in [-0.4, -0.2) is 31.1 Å². The summed E-state index contributed by atoms with van der Waals surface area (Å²) in [5, 5.41) is 6.59. The highest BCUT2D eigenvalue weighted by Crippen LogP contribution is 2.24. The third-order valence-electron chi connectivity index (χ3n) is 4.45. The number of carbonyl (C=O) groups is 1. The minimum absolute atomic E-state index is 0.0690. The van der Waals surface area contributed by atoms with Gasteiger partial charge in [-0.25, -0.2) is 0 Å². The standard InChI is InChI=1S/C17H25N3O/c1-12-9-17(6-3-14(12)10-18-15-4-5-15)20-8-7-16(11-20)19-13(2)21/h3,6,9,15-16,18H,4-5,7-8,10-11H2,1-2H3,(H,19,21). The van der Waals surface area contributed by atoms with E-state index < -0.39 is 0 Å². The second-order valence-electron chi connectivity index (χ2n) is 6.40. The van der Waals surface area contributed by atoms with Gasteiger partial charge in [-0.3, -0.25) is 4.79 Å². The van der Waals surface area contributed by atoms with Gasteiger partial charge < -0.3 is 15.5 Å². The predicted molar refractivity (Wildman–Crippen MR) is 85.5 cm³/mol. The third-order valence-corrected chi connectivity index (χ3v) is 4.45. The highest BCUT2D eigenvalue weighted by molar-refractivity contribution is 5.73. The van der Waals surface area contributed by atoms with Crippen molar-refractivity contribution in [2.45, 2.75) is 51.7 Å². The maximum Gasteiger partial charge on any atom is 0.217 e. The van der Waals surface area contributed by atoms with Crippen molar-refractivity contribution in [3.8, 4) is 0 Å². The second kappa shape index (κ2) is 6.06. The van der Waals surface area contributed by atoms with Gasteiger partial charge >= 0.3 is 0 Å². The Balaban J connectivity index is 1.60. The van der Waals surface area contributed by atoms with Crippen molar-refractivity contribution < 1.29 is 4.79 Å². The van der Waals surface area contributed by atoms with Crippen LogP contribution >= 0.6 is 0 Å². The first-order valence-electron chi connectivity index (χ1n) is 7.97. The van der Waals surface area contributed by atoms with E-state index in [4.69, 9.17) is 0 Å². The van der Waals surface area contributed by atoms with Gasteiger partial charge in [0.1, 0.15) is 0 Å². The Morgan fingerprint density at radius 2 is 2.10 bits per heavy atom. The zero-order valence-corrected chi connectivity index (χ0v) is 13.0. The molecule has 0 aromatic heterocycles. The highest BCUT2D eigenvalue weighted by Gasteiger charge is 2.24. The number of nitrogens with zero attached hydrogens (tertiary/aromatic N) is 1. The number of anilines is 1. The molecule has 0 spiro atoms. The Morgan fingerprint density at radius 1 is 1.29 bits per heavy atom. The van der Waals surface area contributed by atoms with E-state index in [1.54, 1.807) is 6.92 Å². The average Bonchev–Trinajstić information content (AvgIpc) is 3.15. The summed E-state index contributed by atoms with van der Waals surface area (Å²) in [6.45, 7) is 6.69. The summed E-state index contributed by atoms with van der Waals surface area (Å²) in [7, 11) is 0. The fraction of sp³-hybridized carbons (Fsp3) is 0.588. The Kier molecular flexibility index (Phi) is 4.15. The first-order valence-corrected chi connectivity index (χ1v) is 7.97. The average molecular weight is 287 g/mol. The lowest BCUT2D eigenvalue weighted by atomic mass is 10.1. The number of benzene rings is 1. The molecule has 3 rings (SSSR count). The summed E-state index contributed by atoms with van der Waals surface area (Å²) >= 11 is 0. The summed E-state index contributed by atoms with van der Waals surface area (Å²) in [5.41, 5.74) is 4.02. The van der Waals surface area contributed by atoms with Crippen LogP contribution in [0.2, 0.25) is 0 Å². The molecule has 114 valence electrons. The van der Waals surface area contributed by atoms with Gasteiger partial charge in [0.15, 0.2) is 0 Å². The van der Waals surface area contributed by atoms with Crippen LogP contribution in [0.5, 0.6) is 0 Å². The van der Waals surface area contributed by atoms with Crippen LogP contribution in [0.25, 0.3) is 0 Å². The summed E-state index contributed by atoms with van der Waals surface area (Å²) in [4.78, 5) is 13.5. The lowest BCUT2D eigenvalue weighted by molar-refractivity contribution is -0.119. The number of hydrogen-bond acceptors (Lipinski definition) is 3. The topological polar surface area (TPSA) is 44.4 Å². The van der Waals surface area contributed by atoms with Crippen LogP contribution in [0.15, 0.2) is 18.2 Å². The molecule has 21 heavy (non-hydrogen) atoms. The zero-order chi connectivity index (χ0) is 14.8. The SMILES string of the molecule is CC(=O)NC1CCN(c2ccc(CNC3CC3)c(C)c2)C1. The molecule has 1 unspecified atom stereocenters. The number of hydrogen-bond donors (Lipinski definition) is 2. The number of carbonyl (C=O) groups excluding carboxylic acids is 1. The van der Waals surface area contributed by atoms with E-state index in [0.29, 0.717) is 6.04 Å². The first-order chi connectivity index (χ1) is 10.1. The molecule has 1 heterocycles. The van der Waals surface area contributed by atoms with E-state index in [1.165, 1.54) is 29.7 Å².